The van der Waals surface area contributed by atoms with Gasteiger partial charge in [0.05, 0.1) is 0 Å². The van der Waals surface area contributed by atoms with Crippen LogP contribution in [0.2, 0.25) is 0 Å². The molecule has 0 amide bonds. The number of thiophene rings is 1. The lowest BCUT2D eigenvalue weighted by Gasteiger charge is -2.10. The van der Waals surface area contributed by atoms with Gasteiger partial charge in [0, 0.05) is 53.2 Å². The first-order valence-electron chi connectivity index (χ1n) is 16.6. The predicted octanol–water partition coefficient (Wildman–Crippen LogP) is 12.5. The summed E-state index contributed by atoms with van der Waals surface area (Å²) < 4.78 is 8.72. The summed E-state index contributed by atoms with van der Waals surface area (Å²) >= 11 is 1.83. The van der Waals surface area contributed by atoms with Crippen molar-refractivity contribution in [3.05, 3.63) is 164 Å². The van der Waals surface area contributed by atoms with Crippen LogP contribution < -0.4 is 0 Å². The van der Waals surface area contributed by atoms with E-state index in [0.717, 1.165) is 38.6 Å². The Kier molecular flexibility index (Phi) is 6.64. The summed E-state index contributed by atoms with van der Waals surface area (Å²) in [5.41, 5.74) is 9.26. The SMILES string of the molecule is c1ccc(-c2cc(-c3ccccc3)c3sc4ccc(-c5nc(-c6ccccc6)nc(-c6cccc7oc8ccccc8c67)n5)cc4c3c2)cc1. The lowest BCUT2D eigenvalue weighted by atomic mass is 9.96. The fourth-order valence-electron chi connectivity index (χ4n) is 6.95. The van der Waals surface area contributed by atoms with Gasteiger partial charge in [0.15, 0.2) is 17.5 Å². The summed E-state index contributed by atoms with van der Waals surface area (Å²) in [6.45, 7) is 0. The Balaban J connectivity index is 1.21. The van der Waals surface area contributed by atoms with Gasteiger partial charge in [-0.05, 0) is 59.2 Å². The van der Waals surface area contributed by atoms with Crippen LogP contribution in [0.25, 0.3) is 98.5 Å². The second-order valence-corrected chi connectivity index (χ2v) is 13.4. The maximum Gasteiger partial charge on any atom is 0.164 e. The van der Waals surface area contributed by atoms with E-state index in [4.69, 9.17) is 19.4 Å². The zero-order valence-corrected chi connectivity index (χ0v) is 27.6. The van der Waals surface area contributed by atoms with E-state index in [1.54, 1.807) is 0 Å². The van der Waals surface area contributed by atoms with E-state index in [9.17, 15) is 0 Å². The van der Waals surface area contributed by atoms with Crippen LogP contribution in [0.4, 0.5) is 0 Å². The van der Waals surface area contributed by atoms with E-state index in [1.165, 1.54) is 42.4 Å². The van der Waals surface area contributed by atoms with Gasteiger partial charge in [-0.15, -0.1) is 11.3 Å². The zero-order chi connectivity index (χ0) is 33.0. The van der Waals surface area contributed by atoms with E-state index in [1.807, 2.05) is 72.0 Å². The van der Waals surface area contributed by atoms with Crippen molar-refractivity contribution in [3.8, 4) is 56.4 Å². The molecule has 0 N–H and O–H groups in total. The highest BCUT2D eigenvalue weighted by Gasteiger charge is 2.19. The average molecular weight is 658 g/mol. The molecule has 50 heavy (non-hydrogen) atoms. The number of para-hydroxylation sites is 1. The Morgan fingerprint density at radius 3 is 1.78 bits per heavy atom. The van der Waals surface area contributed by atoms with Crippen molar-refractivity contribution < 1.29 is 4.42 Å². The van der Waals surface area contributed by atoms with Gasteiger partial charge in [-0.1, -0.05) is 121 Å². The van der Waals surface area contributed by atoms with E-state index >= 15 is 0 Å². The van der Waals surface area contributed by atoms with Gasteiger partial charge in [0.2, 0.25) is 0 Å². The minimum atomic E-state index is 0.610. The minimum absolute atomic E-state index is 0.610. The number of hydrogen-bond acceptors (Lipinski definition) is 5. The number of benzene rings is 7. The third kappa shape index (κ3) is 4.79. The van der Waals surface area contributed by atoms with Gasteiger partial charge in [0.1, 0.15) is 11.2 Å². The second kappa shape index (κ2) is 11.6. The molecule has 4 nitrogen and oxygen atoms in total. The lowest BCUT2D eigenvalue weighted by molar-refractivity contribution is 0.669. The first kappa shape index (κ1) is 28.6. The molecule has 5 heteroatoms. The molecule has 7 aromatic carbocycles. The van der Waals surface area contributed by atoms with Crippen molar-refractivity contribution in [3.63, 3.8) is 0 Å². The Labute approximate surface area is 292 Å². The summed E-state index contributed by atoms with van der Waals surface area (Å²) in [4.78, 5) is 15.3. The van der Waals surface area contributed by atoms with Crippen molar-refractivity contribution in [1.29, 1.82) is 0 Å². The summed E-state index contributed by atoms with van der Waals surface area (Å²) in [5.74, 6) is 1.87. The van der Waals surface area contributed by atoms with Crippen LogP contribution in [0.5, 0.6) is 0 Å². The molecule has 0 aliphatic carbocycles. The number of nitrogens with zero attached hydrogens (tertiary/aromatic N) is 3. The third-order valence-electron chi connectivity index (χ3n) is 9.33. The van der Waals surface area contributed by atoms with Crippen molar-refractivity contribution >= 4 is 53.4 Å². The normalized spacial score (nSPS) is 11.6. The number of aromatic nitrogens is 3. The molecule has 0 saturated carbocycles. The Hall–Kier alpha value is -6.43. The smallest absolute Gasteiger partial charge is 0.164 e. The molecule has 0 aliphatic rings. The van der Waals surface area contributed by atoms with Crippen LogP contribution >= 0.6 is 11.3 Å². The van der Waals surface area contributed by atoms with Crippen molar-refractivity contribution in [2.45, 2.75) is 0 Å². The third-order valence-corrected chi connectivity index (χ3v) is 10.6. The molecule has 234 valence electrons. The van der Waals surface area contributed by atoms with E-state index in [0.29, 0.717) is 17.5 Å². The molecular weight excluding hydrogens is 631 g/mol. The molecule has 10 rings (SSSR count). The molecule has 0 atom stereocenters. The van der Waals surface area contributed by atoms with Crippen LogP contribution in [0.1, 0.15) is 0 Å². The van der Waals surface area contributed by atoms with Gasteiger partial charge in [0.25, 0.3) is 0 Å². The maximum atomic E-state index is 6.24. The molecule has 3 aromatic heterocycles. The highest BCUT2D eigenvalue weighted by Crippen LogP contribution is 2.44. The van der Waals surface area contributed by atoms with Crippen LogP contribution in [0, 0.1) is 0 Å². The first-order valence-corrected chi connectivity index (χ1v) is 17.4. The quantitative estimate of drug-likeness (QED) is 0.185. The lowest BCUT2D eigenvalue weighted by Crippen LogP contribution is -2.00. The maximum absolute atomic E-state index is 6.24. The topological polar surface area (TPSA) is 51.8 Å². The van der Waals surface area contributed by atoms with Crippen molar-refractivity contribution in [1.82, 2.24) is 15.0 Å². The predicted molar refractivity (Wildman–Crippen MR) is 207 cm³/mol. The summed E-state index contributed by atoms with van der Waals surface area (Å²) in [6.07, 6.45) is 0. The van der Waals surface area contributed by atoms with Gasteiger partial charge < -0.3 is 4.42 Å². The van der Waals surface area contributed by atoms with Crippen molar-refractivity contribution in [2.75, 3.05) is 0 Å². The largest absolute Gasteiger partial charge is 0.456 e. The molecule has 0 saturated heterocycles. The Morgan fingerprint density at radius 2 is 1.00 bits per heavy atom. The van der Waals surface area contributed by atoms with Gasteiger partial charge >= 0.3 is 0 Å². The highest BCUT2D eigenvalue weighted by molar-refractivity contribution is 7.26. The number of furan rings is 1. The molecule has 0 bridgehead atoms. The molecule has 0 spiro atoms. The number of fused-ring (bicyclic) bond motifs is 6. The molecule has 10 aromatic rings. The van der Waals surface area contributed by atoms with Crippen LogP contribution in [0.15, 0.2) is 168 Å². The average Bonchev–Trinajstić information content (AvgIpc) is 3.76. The summed E-state index contributed by atoms with van der Waals surface area (Å²) in [7, 11) is 0. The molecular formula is C45H27N3OS. The van der Waals surface area contributed by atoms with E-state index in [-0.39, 0.29) is 0 Å². The Morgan fingerprint density at radius 1 is 0.380 bits per heavy atom. The van der Waals surface area contributed by atoms with E-state index < -0.39 is 0 Å². The summed E-state index contributed by atoms with van der Waals surface area (Å²) in [6, 6.07) is 56.9. The van der Waals surface area contributed by atoms with Gasteiger partial charge in [-0.25, -0.2) is 15.0 Å². The monoisotopic (exact) mass is 657 g/mol. The Bertz CT molecular complexity index is 2860. The standard InChI is InChI=1S/C45H27N3OS/c1-4-13-28(14-5-1)32-26-35(29-15-6-2-7-16-29)42-37(27-32)36-25-31(23-24-40(36)50-42)44-46-43(30-17-8-3-9-18-30)47-45(48-44)34-20-12-22-39-41(34)33-19-10-11-21-38(33)49-39/h1-27H. The second-order valence-electron chi connectivity index (χ2n) is 12.4. The van der Waals surface area contributed by atoms with Crippen LogP contribution in [-0.4, -0.2) is 15.0 Å². The fraction of sp³-hybridized carbons (Fsp3) is 0. The first-order chi connectivity index (χ1) is 24.8. The molecule has 0 fully saturated rings. The molecule has 0 unspecified atom stereocenters. The minimum Gasteiger partial charge on any atom is -0.456 e. The van der Waals surface area contributed by atoms with Crippen LogP contribution in [-0.2, 0) is 0 Å². The molecule has 0 radical (unpaired) electrons. The summed E-state index contributed by atoms with van der Waals surface area (Å²) in [5, 5.41) is 4.44. The number of hydrogen-bond donors (Lipinski definition) is 0. The van der Waals surface area contributed by atoms with Crippen molar-refractivity contribution in [2.24, 2.45) is 0 Å². The fourth-order valence-corrected chi connectivity index (χ4v) is 8.15. The van der Waals surface area contributed by atoms with Gasteiger partial charge in [-0.3, -0.25) is 0 Å². The zero-order valence-electron chi connectivity index (χ0n) is 26.7. The molecule has 3 heterocycles. The van der Waals surface area contributed by atoms with Gasteiger partial charge in [-0.2, -0.15) is 0 Å². The number of rotatable bonds is 5. The van der Waals surface area contributed by atoms with E-state index in [2.05, 4.69) is 103 Å². The molecule has 0 aliphatic heterocycles. The van der Waals surface area contributed by atoms with Crippen LogP contribution in [0.3, 0.4) is 0 Å². The highest BCUT2D eigenvalue weighted by atomic mass is 32.1.